The molecule has 0 bridgehead atoms. The van der Waals surface area contributed by atoms with Crippen molar-refractivity contribution in [1.29, 1.82) is 0 Å². The van der Waals surface area contributed by atoms with E-state index in [9.17, 15) is 9.59 Å². The molecule has 3 aromatic carbocycles. The van der Waals surface area contributed by atoms with E-state index in [0.29, 0.717) is 11.4 Å². The molecule has 2 amide bonds. The van der Waals surface area contributed by atoms with Gasteiger partial charge in [-0.25, -0.2) is 0 Å². The van der Waals surface area contributed by atoms with Gasteiger partial charge in [-0.2, -0.15) is 0 Å². The van der Waals surface area contributed by atoms with Crippen molar-refractivity contribution in [3.8, 4) is 0 Å². The van der Waals surface area contributed by atoms with Gasteiger partial charge in [-0.1, -0.05) is 42.5 Å². The molecule has 152 valence electrons. The minimum Gasteiger partial charge on any atom is -0.325 e. The monoisotopic (exact) mass is 416 g/mol. The molecule has 0 unspecified atom stereocenters. The second kappa shape index (κ2) is 10.5. The van der Waals surface area contributed by atoms with Gasteiger partial charge in [0.15, 0.2) is 0 Å². The van der Waals surface area contributed by atoms with E-state index in [1.54, 1.807) is 6.08 Å². The SMILES string of the molecule is Cc1ccc(C)c(NC(=O)CSc2ccc(NC(=O)/C=C/c3ccccc3)cc2)c1. The van der Waals surface area contributed by atoms with Crippen LogP contribution in [0.2, 0.25) is 0 Å². The average molecular weight is 417 g/mol. The summed E-state index contributed by atoms with van der Waals surface area (Å²) in [6, 6.07) is 23.1. The predicted molar refractivity (Wildman–Crippen MR) is 126 cm³/mol. The second-order valence-electron chi connectivity index (χ2n) is 6.91. The first-order chi connectivity index (χ1) is 14.5. The van der Waals surface area contributed by atoms with E-state index in [4.69, 9.17) is 0 Å². The maximum atomic E-state index is 12.3. The second-order valence-corrected chi connectivity index (χ2v) is 7.96. The first-order valence-electron chi connectivity index (χ1n) is 9.64. The summed E-state index contributed by atoms with van der Waals surface area (Å²) in [6.07, 6.45) is 3.28. The molecule has 3 aromatic rings. The summed E-state index contributed by atoms with van der Waals surface area (Å²) in [5.74, 6) is 0.0862. The molecule has 0 saturated carbocycles. The van der Waals surface area contributed by atoms with Crippen molar-refractivity contribution in [2.24, 2.45) is 0 Å². The smallest absolute Gasteiger partial charge is 0.248 e. The van der Waals surface area contributed by atoms with Gasteiger partial charge in [0.2, 0.25) is 11.8 Å². The molecule has 0 atom stereocenters. The van der Waals surface area contributed by atoms with E-state index in [2.05, 4.69) is 10.6 Å². The fourth-order valence-corrected chi connectivity index (χ4v) is 3.46. The van der Waals surface area contributed by atoms with Gasteiger partial charge >= 0.3 is 0 Å². The third kappa shape index (κ3) is 6.64. The van der Waals surface area contributed by atoms with Gasteiger partial charge in [-0.05, 0) is 66.9 Å². The third-order valence-electron chi connectivity index (χ3n) is 4.39. The maximum Gasteiger partial charge on any atom is 0.248 e. The number of aryl methyl sites for hydroxylation is 2. The summed E-state index contributed by atoms with van der Waals surface area (Å²) in [5, 5.41) is 5.80. The maximum absolute atomic E-state index is 12.3. The first kappa shape index (κ1) is 21.4. The van der Waals surface area contributed by atoms with Crippen LogP contribution in [-0.2, 0) is 9.59 Å². The fourth-order valence-electron chi connectivity index (χ4n) is 2.76. The topological polar surface area (TPSA) is 58.2 Å². The van der Waals surface area contributed by atoms with Gasteiger partial charge in [-0.15, -0.1) is 11.8 Å². The molecule has 3 rings (SSSR count). The Morgan fingerprint density at radius 3 is 2.37 bits per heavy atom. The van der Waals surface area contributed by atoms with Crippen LogP contribution < -0.4 is 10.6 Å². The number of amides is 2. The highest BCUT2D eigenvalue weighted by molar-refractivity contribution is 8.00. The summed E-state index contributed by atoms with van der Waals surface area (Å²) in [4.78, 5) is 25.3. The largest absolute Gasteiger partial charge is 0.325 e. The fraction of sp³-hybridized carbons (Fsp3) is 0.120. The molecule has 2 N–H and O–H groups in total. The van der Waals surface area contributed by atoms with Gasteiger partial charge in [0.1, 0.15) is 0 Å². The van der Waals surface area contributed by atoms with Crippen LogP contribution in [0.3, 0.4) is 0 Å². The van der Waals surface area contributed by atoms with Crippen molar-refractivity contribution < 1.29 is 9.59 Å². The van der Waals surface area contributed by atoms with E-state index in [1.807, 2.05) is 86.6 Å². The Morgan fingerprint density at radius 1 is 0.900 bits per heavy atom. The molecule has 0 radical (unpaired) electrons. The van der Waals surface area contributed by atoms with E-state index in [1.165, 1.54) is 17.8 Å². The lowest BCUT2D eigenvalue weighted by Crippen LogP contribution is -2.14. The zero-order chi connectivity index (χ0) is 21.3. The lowest BCUT2D eigenvalue weighted by Gasteiger charge is -2.09. The number of thioether (sulfide) groups is 1. The molecule has 0 aromatic heterocycles. The average Bonchev–Trinajstić information content (AvgIpc) is 2.75. The molecular formula is C25H24N2O2S. The number of carbonyl (C=O) groups excluding carboxylic acids is 2. The predicted octanol–water partition coefficient (Wildman–Crippen LogP) is 5.69. The lowest BCUT2D eigenvalue weighted by molar-refractivity contribution is -0.114. The number of benzene rings is 3. The summed E-state index contributed by atoms with van der Waals surface area (Å²) < 4.78 is 0. The van der Waals surface area contributed by atoms with E-state index in [0.717, 1.165) is 27.3 Å². The van der Waals surface area contributed by atoms with Crippen LogP contribution in [0.15, 0.2) is 83.8 Å². The van der Waals surface area contributed by atoms with Gasteiger partial charge in [-0.3, -0.25) is 9.59 Å². The highest BCUT2D eigenvalue weighted by atomic mass is 32.2. The minimum atomic E-state index is -0.188. The van der Waals surface area contributed by atoms with E-state index >= 15 is 0 Å². The molecule has 30 heavy (non-hydrogen) atoms. The van der Waals surface area contributed by atoms with Crippen LogP contribution in [0, 0.1) is 13.8 Å². The molecular weight excluding hydrogens is 392 g/mol. The van der Waals surface area contributed by atoms with Crippen LogP contribution in [0.5, 0.6) is 0 Å². The minimum absolute atomic E-state index is 0.0443. The summed E-state index contributed by atoms with van der Waals surface area (Å²) in [7, 11) is 0. The zero-order valence-electron chi connectivity index (χ0n) is 17.0. The van der Waals surface area contributed by atoms with Gasteiger partial charge in [0, 0.05) is 22.3 Å². The Bertz CT molecular complexity index is 1040. The van der Waals surface area contributed by atoms with Crippen molar-refractivity contribution in [3.05, 3.63) is 95.6 Å². The third-order valence-corrected chi connectivity index (χ3v) is 5.40. The molecule has 0 fully saturated rings. The number of anilines is 2. The summed E-state index contributed by atoms with van der Waals surface area (Å²) in [5.41, 5.74) is 4.68. The number of hydrogen-bond donors (Lipinski definition) is 2. The molecule has 0 aliphatic carbocycles. The molecule has 0 saturated heterocycles. The molecule has 0 aliphatic heterocycles. The van der Waals surface area contributed by atoms with Crippen LogP contribution >= 0.6 is 11.8 Å². The molecule has 5 heteroatoms. The molecule has 0 spiro atoms. The van der Waals surface area contributed by atoms with E-state index < -0.39 is 0 Å². The van der Waals surface area contributed by atoms with E-state index in [-0.39, 0.29) is 11.8 Å². The Kier molecular flexibility index (Phi) is 7.46. The highest BCUT2D eigenvalue weighted by Gasteiger charge is 2.06. The first-order valence-corrected chi connectivity index (χ1v) is 10.6. The summed E-state index contributed by atoms with van der Waals surface area (Å²) in [6.45, 7) is 3.98. The van der Waals surface area contributed by atoms with Crippen LogP contribution in [0.4, 0.5) is 11.4 Å². The molecule has 4 nitrogen and oxygen atoms in total. The van der Waals surface area contributed by atoms with Crippen LogP contribution in [0.25, 0.3) is 6.08 Å². The normalized spacial score (nSPS) is 10.7. The van der Waals surface area contributed by atoms with Crippen LogP contribution in [-0.4, -0.2) is 17.6 Å². The van der Waals surface area contributed by atoms with Crippen molar-refractivity contribution in [1.82, 2.24) is 0 Å². The Morgan fingerprint density at radius 2 is 1.63 bits per heavy atom. The summed E-state index contributed by atoms with van der Waals surface area (Å²) >= 11 is 1.45. The molecule has 0 aliphatic rings. The van der Waals surface area contributed by atoms with Crippen molar-refractivity contribution in [2.45, 2.75) is 18.7 Å². The van der Waals surface area contributed by atoms with Gasteiger partial charge in [0.05, 0.1) is 5.75 Å². The quantitative estimate of drug-likeness (QED) is 0.384. The highest BCUT2D eigenvalue weighted by Crippen LogP contribution is 2.22. The van der Waals surface area contributed by atoms with Crippen molar-refractivity contribution >= 4 is 41.0 Å². The zero-order valence-corrected chi connectivity index (χ0v) is 17.8. The van der Waals surface area contributed by atoms with Crippen LogP contribution in [0.1, 0.15) is 16.7 Å². The number of hydrogen-bond acceptors (Lipinski definition) is 3. The number of carbonyl (C=O) groups is 2. The standard InChI is InChI=1S/C25H24N2O2S/c1-18-8-9-19(2)23(16-18)27-25(29)17-30-22-13-11-21(12-14-22)26-24(28)15-10-20-6-4-3-5-7-20/h3-16H,17H2,1-2H3,(H,26,28)(H,27,29)/b15-10+. The Balaban J connectivity index is 1.48. The van der Waals surface area contributed by atoms with Crippen molar-refractivity contribution in [2.75, 3.05) is 16.4 Å². The Hall–Kier alpha value is -3.31. The van der Waals surface area contributed by atoms with Gasteiger partial charge < -0.3 is 10.6 Å². The van der Waals surface area contributed by atoms with Gasteiger partial charge in [0.25, 0.3) is 0 Å². The number of nitrogens with one attached hydrogen (secondary N) is 2. The Labute approximate surface area is 181 Å². The lowest BCUT2D eigenvalue weighted by atomic mass is 10.1. The number of rotatable bonds is 7. The molecule has 0 heterocycles. The van der Waals surface area contributed by atoms with Crippen molar-refractivity contribution in [3.63, 3.8) is 0 Å².